The Labute approximate surface area is 231 Å². The minimum Gasteiger partial charge on any atom is -0.481 e. The van der Waals surface area contributed by atoms with Gasteiger partial charge in [-0.15, -0.1) is 0 Å². The number of alkyl halides is 2. The third-order valence-electron chi connectivity index (χ3n) is 6.54. The third-order valence-corrected chi connectivity index (χ3v) is 6.54. The molecule has 0 saturated carbocycles. The van der Waals surface area contributed by atoms with Gasteiger partial charge in [-0.1, -0.05) is 58.0 Å². The van der Waals surface area contributed by atoms with Crippen LogP contribution in [0.4, 0.5) is 8.78 Å². The highest BCUT2D eigenvalue weighted by atomic mass is 19.3. The Bertz CT molecular complexity index is 1110. The first kappa shape index (κ1) is 32.3. The Hall–Kier alpha value is -3.90. The minimum atomic E-state index is -4.43. The number of carboxylic acids is 1. The quantitative estimate of drug-likeness (QED) is 0.261. The Morgan fingerprint density at radius 2 is 1.57 bits per heavy atom. The lowest BCUT2D eigenvalue weighted by Crippen LogP contribution is -2.60. The monoisotopic (exact) mass is 566 g/mol. The number of Topliss-reactive ketones (excluding diaryl/α,β-unsaturated/α-hetero) is 1. The Balaban J connectivity index is 2.14. The molecule has 0 radical (unpaired) electrons. The van der Waals surface area contributed by atoms with Gasteiger partial charge in [-0.3, -0.25) is 28.8 Å². The van der Waals surface area contributed by atoms with Crippen LogP contribution in [0, 0.1) is 11.8 Å². The molecule has 0 unspecified atom stereocenters. The van der Waals surface area contributed by atoms with Crippen molar-refractivity contribution in [1.82, 2.24) is 20.9 Å². The highest BCUT2D eigenvalue weighted by Crippen LogP contribution is 2.24. The van der Waals surface area contributed by atoms with Crippen molar-refractivity contribution in [2.75, 3.05) is 6.54 Å². The van der Waals surface area contributed by atoms with E-state index < -0.39 is 77.7 Å². The molecule has 0 bridgehead atoms. The maximum absolute atomic E-state index is 14.9. The van der Waals surface area contributed by atoms with Crippen molar-refractivity contribution in [2.24, 2.45) is 11.8 Å². The smallest absolute Gasteiger partial charge is 0.383 e. The van der Waals surface area contributed by atoms with Crippen LogP contribution < -0.4 is 16.0 Å². The normalized spacial score (nSPS) is 16.8. The van der Waals surface area contributed by atoms with E-state index in [1.165, 1.54) is 18.7 Å². The number of nitrogens with one attached hydrogen (secondary N) is 3. The molecule has 13 heteroatoms. The molecule has 4 amide bonds. The van der Waals surface area contributed by atoms with E-state index in [2.05, 4.69) is 10.6 Å². The van der Waals surface area contributed by atoms with Crippen LogP contribution in [0.2, 0.25) is 0 Å². The van der Waals surface area contributed by atoms with Gasteiger partial charge in [-0.25, -0.2) is 0 Å². The first-order chi connectivity index (χ1) is 18.7. The van der Waals surface area contributed by atoms with Gasteiger partial charge < -0.3 is 26.0 Å². The number of carboxylic acid groups (broad SMARTS) is 1. The number of hydrogen-bond donors (Lipinski definition) is 4. The van der Waals surface area contributed by atoms with Crippen LogP contribution in [0.3, 0.4) is 0 Å². The topological polar surface area (TPSA) is 162 Å². The summed E-state index contributed by atoms with van der Waals surface area (Å²) in [5.74, 6) is -13.0. The maximum Gasteiger partial charge on any atom is 0.383 e. The first-order valence-corrected chi connectivity index (χ1v) is 13.0. The van der Waals surface area contributed by atoms with Crippen molar-refractivity contribution in [3.63, 3.8) is 0 Å². The molecule has 1 aromatic carbocycles. The summed E-state index contributed by atoms with van der Waals surface area (Å²) in [6, 6.07) is 4.33. The van der Waals surface area contributed by atoms with E-state index in [0.29, 0.717) is 12.0 Å². The lowest BCUT2D eigenvalue weighted by Gasteiger charge is -2.32. The van der Waals surface area contributed by atoms with Gasteiger partial charge >= 0.3 is 11.9 Å². The van der Waals surface area contributed by atoms with E-state index in [1.54, 1.807) is 44.2 Å². The Morgan fingerprint density at radius 3 is 2.12 bits per heavy atom. The fourth-order valence-electron chi connectivity index (χ4n) is 4.34. The minimum absolute atomic E-state index is 0.132. The van der Waals surface area contributed by atoms with Crippen molar-refractivity contribution in [3.8, 4) is 0 Å². The number of rotatable bonds is 13. The molecule has 0 aromatic heterocycles. The van der Waals surface area contributed by atoms with Gasteiger partial charge in [0.05, 0.1) is 6.04 Å². The third kappa shape index (κ3) is 8.30. The molecule has 0 spiro atoms. The van der Waals surface area contributed by atoms with Crippen molar-refractivity contribution < 1.29 is 42.7 Å². The molecule has 1 aromatic rings. The molecule has 1 aliphatic heterocycles. The Morgan fingerprint density at radius 1 is 0.975 bits per heavy atom. The molecule has 2 rings (SSSR count). The Kier molecular flexibility index (Phi) is 11.3. The summed E-state index contributed by atoms with van der Waals surface area (Å²) in [7, 11) is 0. The lowest BCUT2D eigenvalue weighted by molar-refractivity contribution is -0.161. The zero-order valence-electron chi connectivity index (χ0n) is 22.9. The van der Waals surface area contributed by atoms with E-state index in [0.717, 1.165) is 0 Å². The lowest BCUT2D eigenvalue weighted by atomic mass is 9.94. The summed E-state index contributed by atoms with van der Waals surface area (Å²) in [6.45, 7) is 6.05. The molecule has 220 valence electrons. The van der Waals surface area contributed by atoms with E-state index in [1.807, 2.05) is 5.32 Å². The van der Waals surface area contributed by atoms with E-state index in [4.69, 9.17) is 5.11 Å². The van der Waals surface area contributed by atoms with Crippen LogP contribution in [-0.2, 0) is 35.3 Å². The summed E-state index contributed by atoms with van der Waals surface area (Å²) < 4.78 is 29.8. The van der Waals surface area contributed by atoms with Crippen LogP contribution in [0.5, 0.6) is 0 Å². The van der Waals surface area contributed by atoms with Crippen molar-refractivity contribution in [2.45, 2.75) is 77.6 Å². The zero-order valence-corrected chi connectivity index (χ0v) is 22.9. The number of halogens is 2. The predicted octanol–water partition coefficient (Wildman–Crippen LogP) is 1.25. The second-order valence-electron chi connectivity index (χ2n) is 10.4. The molecule has 4 N–H and O–H groups in total. The molecule has 11 nitrogen and oxygen atoms in total. The number of benzene rings is 1. The van der Waals surface area contributed by atoms with Gasteiger partial charge in [0.15, 0.2) is 0 Å². The van der Waals surface area contributed by atoms with Gasteiger partial charge in [0.1, 0.15) is 18.5 Å². The van der Waals surface area contributed by atoms with Crippen molar-refractivity contribution in [3.05, 3.63) is 35.9 Å². The summed E-state index contributed by atoms with van der Waals surface area (Å²) in [6.07, 6.45) is -0.264. The molecular formula is C27H36F2N4O7. The van der Waals surface area contributed by atoms with Crippen LogP contribution in [0.1, 0.15) is 52.5 Å². The van der Waals surface area contributed by atoms with Gasteiger partial charge in [0.2, 0.25) is 23.5 Å². The molecule has 3 atom stereocenters. The van der Waals surface area contributed by atoms with Gasteiger partial charge in [-0.2, -0.15) is 8.78 Å². The highest BCUT2D eigenvalue weighted by molar-refractivity contribution is 6.10. The molecule has 1 fully saturated rings. The first-order valence-electron chi connectivity index (χ1n) is 13.0. The van der Waals surface area contributed by atoms with Crippen LogP contribution in [0.25, 0.3) is 0 Å². The maximum atomic E-state index is 14.9. The second-order valence-corrected chi connectivity index (χ2v) is 10.4. The average Bonchev–Trinajstić information content (AvgIpc) is 3.38. The number of aliphatic carboxylic acids is 1. The van der Waals surface area contributed by atoms with Crippen LogP contribution >= 0.6 is 0 Å². The number of carbonyl (C=O) groups is 6. The van der Waals surface area contributed by atoms with Crippen LogP contribution in [0.15, 0.2) is 30.3 Å². The fraction of sp³-hybridized carbons (Fsp3) is 0.556. The predicted molar refractivity (Wildman–Crippen MR) is 139 cm³/mol. The number of carbonyl (C=O) groups excluding carboxylic acids is 5. The number of ketones is 1. The highest BCUT2D eigenvalue weighted by Gasteiger charge is 2.51. The number of hydrogen-bond acceptors (Lipinski definition) is 6. The SMILES string of the molecule is CC(C)[C@H](NC(=O)CC(=O)O)C(=O)N1CCC[C@H]1C(=O)N[C@H](C(=O)C(F)(F)C(=O)NCc1ccccc1)C(C)C. The molecule has 1 aliphatic rings. The zero-order chi connectivity index (χ0) is 30.2. The summed E-state index contributed by atoms with van der Waals surface area (Å²) >= 11 is 0. The van der Waals surface area contributed by atoms with Gasteiger partial charge in [0.25, 0.3) is 5.91 Å². The van der Waals surface area contributed by atoms with E-state index in [-0.39, 0.29) is 19.5 Å². The van der Waals surface area contributed by atoms with Crippen molar-refractivity contribution in [1.29, 1.82) is 0 Å². The van der Waals surface area contributed by atoms with Gasteiger partial charge in [0, 0.05) is 13.1 Å². The molecule has 1 heterocycles. The number of likely N-dealkylation sites (tertiary alicyclic amines) is 1. The van der Waals surface area contributed by atoms with Crippen molar-refractivity contribution >= 4 is 35.4 Å². The summed E-state index contributed by atoms with van der Waals surface area (Å²) in [4.78, 5) is 75.6. The molecule has 0 aliphatic carbocycles. The number of amides is 4. The molecular weight excluding hydrogens is 530 g/mol. The average molecular weight is 567 g/mol. The largest absolute Gasteiger partial charge is 0.481 e. The summed E-state index contributed by atoms with van der Waals surface area (Å²) in [5.41, 5.74) is 0.553. The number of nitrogens with zero attached hydrogens (tertiary/aromatic N) is 1. The summed E-state index contributed by atoms with van der Waals surface area (Å²) in [5, 5.41) is 15.6. The second kappa shape index (κ2) is 13.9. The van der Waals surface area contributed by atoms with Crippen LogP contribution in [-0.4, -0.2) is 76.0 Å². The standard InChI is InChI=1S/C27H36F2N4O7/c1-15(2)21(23(37)27(28,29)26(40)30-14-17-9-6-5-7-10-17)32-24(38)18-11-8-12-33(18)25(39)22(16(3)4)31-19(34)13-20(35)36/h5-7,9-10,15-16,18,21-22H,8,11-14H2,1-4H3,(H,30,40)(H,31,34)(H,32,38)(H,35,36)/t18-,21-,22-/m0/s1. The molecule has 1 saturated heterocycles. The van der Waals surface area contributed by atoms with E-state index in [9.17, 15) is 37.5 Å². The van der Waals surface area contributed by atoms with Gasteiger partial charge in [-0.05, 0) is 30.2 Å². The fourth-order valence-corrected chi connectivity index (χ4v) is 4.34. The van der Waals surface area contributed by atoms with E-state index >= 15 is 0 Å². The molecule has 40 heavy (non-hydrogen) atoms.